The summed E-state index contributed by atoms with van der Waals surface area (Å²) in [6, 6.07) is 14.5. The summed E-state index contributed by atoms with van der Waals surface area (Å²) in [5.74, 6) is -0.357. The minimum absolute atomic E-state index is 0.0318. The van der Waals surface area contributed by atoms with Crippen LogP contribution < -0.4 is 10.2 Å². The number of methoxy groups -OCH3 is 1. The van der Waals surface area contributed by atoms with E-state index in [0.717, 1.165) is 23.0 Å². The van der Waals surface area contributed by atoms with Crippen LogP contribution in [0.3, 0.4) is 0 Å². The Hall–Kier alpha value is -5.19. The van der Waals surface area contributed by atoms with Crippen molar-refractivity contribution in [1.29, 1.82) is 0 Å². The van der Waals surface area contributed by atoms with Gasteiger partial charge in [-0.3, -0.25) is 0 Å². The highest BCUT2D eigenvalue weighted by Gasteiger charge is 2.18. The third-order valence-corrected chi connectivity index (χ3v) is 6.90. The van der Waals surface area contributed by atoms with Gasteiger partial charge in [-0.1, -0.05) is 24.3 Å². The first kappa shape index (κ1) is 29.3. The van der Waals surface area contributed by atoms with Crippen molar-refractivity contribution in [2.24, 2.45) is 0 Å². The van der Waals surface area contributed by atoms with Gasteiger partial charge in [0.15, 0.2) is 11.6 Å². The number of rotatable bonds is 9. The summed E-state index contributed by atoms with van der Waals surface area (Å²) in [6.45, 7) is 6.41. The lowest BCUT2D eigenvalue weighted by atomic mass is 10.1. The Morgan fingerprint density at radius 2 is 1.81 bits per heavy atom. The van der Waals surface area contributed by atoms with Gasteiger partial charge in [0.2, 0.25) is 5.95 Å². The molecule has 2 aromatic carbocycles. The largest absolute Gasteiger partial charge is 0.466 e. The fraction of sp³-hybridized carbons (Fsp3) is 0.219. The quantitative estimate of drug-likeness (QED) is 0.153. The number of hydrogen-bond acceptors (Lipinski definition) is 8. The number of halogens is 2. The van der Waals surface area contributed by atoms with Crippen molar-refractivity contribution in [2.75, 3.05) is 24.4 Å². The predicted molar refractivity (Wildman–Crippen MR) is 163 cm³/mol. The van der Waals surface area contributed by atoms with E-state index in [9.17, 15) is 9.18 Å². The van der Waals surface area contributed by atoms with Crippen LogP contribution in [0.4, 0.5) is 26.2 Å². The van der Waals surface area contributed by atoms with Crippen molar-refractivity contribution < 1.29 is 18.3 Å². The molecular weight excluding hydrogens is 552 g/mol. The number of hydrogen-bond donors (Lipinski definition) is 1. The fourth-order valence-electron chi connectivity index (χ4n) is 4.82. The number of benzene rings is 2. The Morgan fingerprint density at radius 1 is 1.05 bits per heavy atom. The molecule has 5 rings (SSSR count). The molecule has 0 saturated carbocycles. The van der Waals surface area contributed by atoms with Crippen LogP contribution in [-0.4, -0.2) is 44.6 Å². The average Bonchev–Trinajstić information content (AvgIpc) is 3.34. The highest BCUT2D eigenvalue weighted by atomic mass is 19.1. The van der Waals surface area contributed by atoms with Crippen LogP contribution in [0.5, 0.6) is 0 Å². The first-order valence-electron chi connectivity index (χ1n) is 13.6. The van der Waals surface area contributed by atoms with E-state index < -0.39 is 17.6 Å². The van der Waals surface area contributed by atoms with Crippen LogP contribution in [0.1, 0.15) is 36.8 Å². The van der Waals surface area contributed by atoms with E-state index in [1.807, 2.05) is 67.6 Å². The Balaban J connectivity index is 1.30. The first-order valence-corrected chi connectivity index (χ1v) is 13.6. The van der Waals surface area contributed by atoms with Crippen molar-refractivity contribution in [2.45, 2.75) is 33.4 Å². The molecule has 9 nitrogen and oxygen atoms in total. The monoisotopic (exact) mass is 583 g/mol. The zero-order chi connectivity index (χ0) is 30.7. The second-order valence-electron chi connectivity index (χ2n) is 10.3. The lowest BCUT2D eigenvalue weighted by molar-refractivity contribution is -0.134. The highest BCUT2D eigenvalue weighted by molar-refractivity contribution is 5.87. The van der Waals surface area contributed by atoms with Crippen LogP contribution in [0.15, 0.2) is 67.0 Å². The molecule has 0 aliphatic carbocycles. The maximum atomic E-state index is 15.0. The van der Waals surface area contributed by atoms with Crippen LogP contribution in [0.25, 0.3) is 28.4 Å². The van der Waals surface area contributed by atoms with Crippen molar-refractivity contribution >= 4 is 40.5 Å². The summed E-state index contributed by atoms with van der Waals surface area (Å²) in [4.78, 5) is 30.5. The molecule has 3 heterocycles. The van der Waals surface area contributed by atoms with E-state index in [0.29, 0.717) is 23.7 Å². The van der Waals surface area contributed by atoms with Gasteiger partial charge in [-0.05, 0) is 62.2 Å². The molecule has 5 aromatic rings. The number of anilines is 3. The van der Waals surface area contributed by atoms with Gasteiger partial charge >= 0.3 is 5.97 Å². The summed E-state index contributed by atoms with van der Waals surface area (Å²) < 4.78 is 36.4. The molecule has 0 saturated heterocycles. The molecule has 0 unspecified atom stereocenters. The molecule has 3 aromatic heterocycles. The lowest BCUT2D eigenvalue weighted by Crippen LogP contribution is -2.16. The first-order chi connectivity index (χ1) is 20.6. The number of carbonyl (C=O) groups is 1. The average molecular weight is 584 g/mol. The Bertz CT molecular complexity index is 1800. The van der Waals surface area contributed by atoms with Gasteiger partial charge in [0.05, 0.1) is 30.7 Å². The smallest absolute Gasteiger partial charge is 0.330 e. The zero-order valence-electron chi connectivity index (χ0n) is 24.5. The molecule has 0 aliphatic heterocycles. The minimum atomic E-state index is -0.672. The maximum Gasteiger partial charge on any atom is 0.330 e. The van der Waals surface area contributed by atoms with E-state index >= 15 is 4.39 Å². The van der Waals surface area contributed by atoms with E-state index in [1.165, 1.54) is 19.3 Å². The number of imidazole rings is 1. The van der Waals surface area contributed by atoms with E-state index in [1.54, 1.807) is 24.4 Å². The molecule has 220 valence electrons. The molecule has 0 spiro atoms. The van der Waals surface area contributed by atoms with Gasteiger partial charge in [0.1, 0.15) is 22.9 Å². The summed E-state index contributed by atoms with van der Waals surface area (Å²) in [6.07, 6.45) is 5.83. The fourth-order valence-corrected chi connectivity index (χ4v) is 4.82. The topological polar surface area (TPSA) is 98.1 Å². The second kappa shape index (κ2) is 12.4. The van der Waals surface area contributed by atoms with E-state index in [2.05, 4.69) is 30.0 Å². The maximum absolute atomic E-state index is 15.0. The van der Waals surface area contributed by atoms with E-state index in [4.69, 9.17) is 0 Å². The molecule has 43 heavy (non-hydrogen) atoms. The second-order valence-corrected chi connectivity index (χ2v) is 10.3. The number of carbonyl (C=O) groups excluding carboxylic acids is 1. The molecule has 0 atom stereocenters. The van der Waals surface area contributed by atoms with Crippen LogP contribution in [0.2, 0.25) is 0 Å². The molecule has 0 bridgehead atoms. The summed E-state index contributed by atoms with van der Waals surface area (Å²) >= 11 is 0. The molecule has 0 amide bonds. The Kier molecular flexibility index (Phi) is 8.42. The summed E-state index contributed by atoms with van der Waals surface area (Å²) in [7, 11) is 3.29. The molecule has 0 fully saturated rings. The third kappa shape index (κ3) is 6.50. The molecule has 0 radical (unpaired) electrons. The van der Waals surface area contributed by atoms with Gasteiger partial charge in [-0.25, -0.2) is 33.5 Å². The molecule has 0 aliphatic rings. The van der Waals surface area contributed by atoms with Crippen LogP contribution >= 0.6 is 0 Å². The summed E-state index contributed by atoms with van der Waals surface area (Å²) in [5, 5.41) is 3.00. The van der Waals surface area contributed by atoms with Crippen molar-refractivity contribution in [1.82, 2.24) is 24.5 Å². The highest BCUT2D eigenvalue weighted by Crippen LogP contribution is 2.30. The Morgan fingerprint density at radius 3 is 2.49 bits per heavy atom. The number of pyridine rings is 1. The molecular formula is C32H31F2N7O2. The van der Waals surface area contributed by atoms with E-state index in [-0.39, 0.29) is 28.8 Å². The number of nitrogens with zero attached hydrogens (tertiary/aromatic N) is 6. The van der Waals surface area contributed by atoms with Crippen molar-refractivity contribution in [3.8, 4) is 11.3 Å². The van der Waals surface area contributed by atoms with Gasteiger partial charge < -0.3 is 19.5 Å². The minimum Gasteiger partial charge on any atom is -0.466 e. The lowest BCUT2D eigenvalue weighted by Gasteiger charge is -2.19. The molecule has 1 N–H and O–H groups in total. The van der Waals surface area contributed by atoms with Crippen LogP contribution in [0, 0.1) is 18.6 Å². The van der Waals surface area contributed by atoms with Gasteiger partial charge in [0, 0.05) is 31.3 Å². The Labute approximate surface area is 247 Å². The number of esters is 1. The number of ether oxygens (including phenoxy) is 1. The normalized spacial score (nSPS) is 11.4. The third-order valence-electron chi connectivity index (χ3n) is 6.90. The van der Waals surface area contributed by atoms with Crippen LogP contribution in [-0.2, 0) is 16.1 Å². The number of nitrogens with one attached hydrogen (secondary N) is 1. The number of fused-ring (bicyclic) bond motifs is 1. The van der Waals surface area contributed by atoms with Gasteiger partial charge in [-0.2, -0.15) is 0 Å². The predicted octanol–water partition coefficient (Wildman–Crippen LogP) is 6.62. The number of aryl methyl sites for hydroxylation is 1. The number of aromatic nitrogens is 5. The van der Waals surface area contributed by atoms with Crippen molar-refractivity contribution in [3.63, 3.8) is 0 Å². The summed E-state index contributed by atoms with van der Waals surface area (Å²) in [5.41, 5.74) is 3.91. The van der Waals surface area contributed by atoms with Gasteiger partial charge in [0.25, 0.3) is 0 Å². The van der Waals surface area contributed by atoms with Crippen molar-refractivity contribution in [3.05, 3.63) is 95.6 Å². The van der Waals surface area contributed by atoms with Gasteiger partial charge in [-0.15, -0.1) is 0 Å². The zero-order valence-corrected chi connectivity index (χ0v) is 24.5. The SMILES string of the molecule is COC(=O)/C=C/c1ccc(CN(C)c2ccc(Nc3ncc(F)c(-c4cc(F)c5nc(C)n(C(C)C)c5c4)n3)nc2)cc1. The molecule has 11 heteroatoms. The standard InChI is InChI=1S/C32H31F2N7O2/c1-19(2)41-20(3)37-31-25(33)14-23(15-27(31)41)30-26(34)17-36-32(39-30)38-28-12-11-24(16-35-28)40(4)18-22-8-6-21(7-9-22)10-13-29(42)43-5/h6-17,19H,18H2,1-5H3,(H,35,36,38,39)/b13-10+.